The highest BCUT2D eigenvalue weighted by molar-refractivity contribution is 6.00. The van der Waals surface area contributed by atoms with Crippen LogP contribution in [0.3, 0.4) is 0 Å². The third-order valence-corrected chi connectivity index (χ3v) is 3.39. The Labute approximate surface area is 122 Å². The first kappa shape index (κ1) is 13.3. The Morgan fingerprint density at radius 2 is 2.10 bits per heavy atom. The van der Waals surface area contributed by atoms with E-state index in [4.69, 9.17) is 4.74 Å². The fourth-order valence-corrected chi connectivity index (χ4v) is 2.25. The van der Waals surface area contributed by atoms with Crippen molar-refractivity contribution >= 4 is 11.9 Å². The van der Waals surface area contributed by atoms with E-state index >= 15 is 0 Å². The fourth-order valence-electron chi connectivity index (χ4n) is 2.25. The van der Waals surface area contributed by atoms with E-state index in [0.29, 0.717) is 29.1 Å². The van der Waals surface area contributed by atoms with E-state index < -0.39 is 5.97 Å². The SMILES string of the molecule is Cc1nc2c(cc1C(=O)OCc1ccccc1)C(=O)NC2. The number of hydrogen-bond donors (Lipinski definition) is 1. The number of benzene rings is 1. The molecule has 1 aliphatic rings. The maximum atomic E-state index is 12.2. The molecule has 0 saturated heterocycles. The van der Waals surface area contributed by atoms with Crippen molar-refractivity contribution in [3.63, 3.8) is 0 Å². The smallest absolute Gasteiger partial charge is 0.340 e. The van der Waals surface area contributed by atoms with Gasteiger partial charge in [-0.05, 0) is 18.6 Å². The number of esters is 1. The first-order valence-corrected chi connectivity index (χ1v) is 6.65. The first-order chi connectivity index (χ1) is 10.1. The number of fused-ring (bicyclic) bond motifs is 1. The van der Waals surface area contributed by atoms with Crippen LogP contribution in [0.4, 0.5) is 0 Å². The molecule has 0 unspecified atom stereocenters. The number of nitrogens with zero attached hydrogens (tertiary/aromatic N) is 1. The number of aryl methyl sites for hydroxylation is 1. The van der Waals surface area contributed by atoms with Gasteiger partial charge in [0.25, 0.3) is 5.91 Å². The Morgan fingerprint density at radius 1 is 1.33 bits per heavy atom. The third-order valence-electron chi connectivity index (χ3n) is 3.39. The molecular weight excluding hydrogens is 268 g/mol. The molecule has 2 heterocycles. The molecule has 0 saturated carbocycles. The van der Waals surface area contributed by atoms with Crippen LogP contribution in [-0.2, 0) is 17.9 Å². The van der Waals surface area contributed by atoms with Gasteiger partial charge in [-0.3, -0.25) is 9.78 Å². The summed E-state index contributed by atoms with van der Waals surface area (Å²) in [6.07, 6.45) is 0. The summed E-state index contributed by atoms with van der Waals surface area (Å²) in [6, 6.07) is 11.0. The molecule has 5 nitrogen and oxygen atoms in total. The summed E-state index contributed by atoms with van der Waals surface area (Å²) in [5, 5.41) is 2.68. The number of nitrogens with one attached hydrogen (secondary N) is 1. The molecule has 0 fully saturated rings. The van der Waals surface area contributed by atoms with E-state index in [9.17, 15) is 9.59 Å². The second kappa shape index (κ2) is 5.36. The van der Waals surface area contributed by atoms with Gasteiger partial charge in [-0.15, -0.1) is 0 Å². The molecule has 21 heavy (non-hydrogen) atoms. The molecule has 1 aromatic heterocycles. The van der Waals surface area contributed by atoms with Crippen LogP contribution >= 0.6 is 0 Å². The zero-order chi connectivity index (χ0) is 14.8. The molecule has 1 amide bonds. The first-order valence-electron chi connectivity index (χ1n) is 6.65. The Kier molecular flexibility index (Phi) is 3.39. The molecule has 106 valence electrons. The Morgan fingerprint density at radius 3 is 2.86 bits per heavy atom. The molecule has 5 heteroatoms. The van der Waals surface area contributed by atoms with Gasteiger partial charge in [0, 0.05) is 0 Å². The molecular formula is C16H14N2O3. The minimum atomic E-state index is -0.466. The van der Waals surface area contributed by atoms with Gasteiger partial charge in [0.2, 0.25) is 0 Å². The predicted octanol–water partition coefficient (Wildman–Crippen LogP) is 1.99. The lowest BCUT2D eigenvalue weighted by molar-refractivity contribution is 0.0471. The molecule has 0 spiro atoms. The number of amides is 1. The summed E-state index contributed by atoms with van der Waals surface area (Å²) >= 11 is 0. The summed E-state index contributed by atoms with van der Waals surface area (Å²) in [7, 11) is 0. The van der Waals surface area contributed by atoms with Crippen LogP contribution in [0.1, 0.15) is 37.7 Å². The van der Waals surface area contributed by atoms with Crippen LogP contribution in [0, 0.1) is 6.92 Å². The maximum absolute atomic E-state index is 12.2. The van der Waals surface area contributed by atoms with E-state index in [0.717, 1.165) is 5.56 Å². The quantitative estimate of drug-likeness (QED) is 0.874. The molecule has 1 N–H and O–H groups in total. The average Bonchev–Trinajstić information content (AvgIpc) is 2.85. The van der Waals surface area contributed by atoms with Gasteiger partial charge in [0.05, 0.1) is 29.1 Å². The van der Waals surface area contributed by atoms with Crippen LogP contribution in [0.15, 0.2) is 36.4 Å². The Bertz CT molecular complexity index is 711. The predicted molar refractivity (Wildman–Crippen MR) is 75.7 cm³/mol. The molecule has 0 bridgehead atoms. The number of pyridine rings is 1. The topological polar surface area (TPSA) is 68.3 Å². The number of hydrogen-bond acceptors (Lipinski definition) is 4. The van der Waals surface area contributed by atoms with Crippen molar-refractivity contribution < 1.29 is 14.3 Å². The molecule has 3 rings (SSSR count). The van der Waals surface area contributed by atoms with Gasteiger partial charge in [-0.1, -0.05) is 30.3 Å². The van der Waals surface area contributed by atoms with Gasteiger partial charge < -0.3 is 10.1 Å². The number of rotatable bonds is 3. The highest BCUT2D eigenvalue weighted by atomic mass is 16.5. The Hall–Kier alpha value is -2.69. The normalized spacial score (nSPS) is 12.7. The molecule has 1 aromatic carbocycles. The van der Waals surface area contributed by atoms with Crippen molar-refractivity contribution in [1.29, 1.82) is 0 Å². The second-order valence-corrected chi connectivity index (χ2v) is 4.86. The summed E-state index contributed by atoms with van der Waals surface area (Å²) in [5.41, 5.74) is 2.95. The number of ether oxygens (including phenoxy) is 1. The van der Waals surface area contributed by atoms with E-state index in [1.165, 1.54) is 0 Å². The fraction of sp³-hybridized carbons (Fsp3) is 0.188. The van der Waals surface area contributed by atoms with Crippen molar-refractivity contribution in [2.24, 2.45) is 0 Å². The number of aromatic nitrogens is 1. The van der Waals surface area contributed by atoms with Gasteiger partial charge in [-0.2, -0.15) is 0 Å². The lowest BCUT2D eigenvalue weighted by atomic mass is 10.1. The summed E-state index contributed by atoms with van der Waals surface area (Å²) in [4.78, 5) is 28.1. The summed E-state index contributed by atoms with van der Waals surface area (Å²) in [5.74, 6) is -0.666. The van der Waals surface area contributed by atoms with Gasteiger partial charge in [-0.25, -0.2) is 4.79 Å². The van der Waals surface area contributed by atoms with Crippen molar-refractivity contribution in [3.8, 4) is 0 Å². The second-order valence-electron chi connectivity index (χ2n) is 4.86. The van der Waals surface area contributed by atoms with Crippen LogP contribution < -0.4 is 5.32 Å². The van der Waals surface area contributed by atoms with Crippen LogP contribution in [0.5, 0.6) is 0 Å². The third kappa shape index (κ3) is 2.63. The van der Waals surface area contributed by atoms with E-state index in [-0.39, 0.29) is 12.5 Å². The van der Waals surface area contributed by atoms with Crippen molar-refractivity contribution in [3.05, 3.63) is 64.5 Å². The maximum Gasteiger partial charge on any atom is 0.340 e. The van der Waals surface area contributed by atoms with Crippen molar-refractivity contribution in [2.75, 3.05) is 0 Å². The zero-order valence-electron chi connectivity index (χ0n) is 11.6. The highest BCUT2D eigenvalue weighted by Gasteiger charge is 2.24. The van der Waals surface area contributed by atoms with Crippen molar-refractivity contribution in [2.45, 2.75) is 20.1 Å². The molecule has 0 atom stereocenters. The molecule has 1 aliphatic heterocycles. The van der Waals surface area contributed by atoms with Crippen LogP contribution in [-0.4, -0.2) is 16.9 Å². The van der Waals surface area contributed by atoms with Gasteiger partial charge in [0.15, 0.2) is 0 Å². The average molecular weight is 282 g/mol. The zero-order valence-corrected chi connectivity index (χ0v) is 11.6. The lowest BCUT2D eigenvalue weighted by Gasteiger charge is -2.08. The summed E-state index contributed by atoms with van der Waals surface area (Å²) in [6.45, 7) is 2.35. The summed E-state index contributed by atoms with van der Waals surface area (Å²) < 4.78 is 5.28. The van der Waals surface area contributed by atoms with Crippen molar-refractivity contribution in [1.82, 2.24) is 10.3 Å². The minimum Gasteiger partial charge on any atom is -0.457 e. The standard InChI is InChI=1S/C16H14N2O3/c1-10-12(7-13-14(18-10)8-17-15(13)19)16(20)21-9-11-5-3-2-4-6-11/h2-7H,8-9H2,1H3,(H,17,19). The van der Waals surface area contributed by atoms with E-state index in [2.05, 4.69) is 10.3 Å². The lowest BCUT2D eigenvalue weighted by Crippen LogP contribution is -2.13. The molecule has 0 radical (unpaired) electrons. The molecule has 2 aromatic rings. The van der Waals surface area contributed by atoms with Gasteiger partial charge in [0.1, 0.15) is 6.61 Å². The number of carbonyl (C=O) groups is 2. The van der Waals surface area contributed by atoms with E-state index in [1.807, 2.05) is 30.3 Å². The monoisotopic (exact) mass is 282 g/mol. The van der Waals surface area contributed by atoms with E-state index in [1.54, 1.807) is 13.0 Å². The van der Waals surface area contributed by atoms with Crippen LogP contribution in [0.25, 0.3) is 0 Å². The number of carbonyl (C=O) groups excluding carboxylic acids is 2. The minimum absolute atomic E-state index is 0.197. The molecule has 0 aliphatic carbocycles. The largest absolute Gasteiger partial charge is 0.457 e. The van der Waals surface area contributed by atoms with Crippen LogP contribution in [0.2, 0.25) is 0 Å². The highest BCUT2D eigenvalue weighted by Crippen LogP contribution is 2.18. The van der Waals surface area contributed by atoms with Gasteiger partial charge >= 0.3 is 5.97 Å². The Balaban J connectivity index is 1.79.